The summed E-state index contributed by atoms with van der Waals surface area (Å²) in [7, 11) is 1.27. The summed E-state index contributed by atoms with van der Waals surface area (Å²) >= 11 is 3.16. The lowest BCUT2D eigenvalue weighted by molar-refractivity contribution is -0.142. The van der Waals surface area contributed by atoms with E-state index in [1.54, 1.807) is 12.3 Å². The third-order valence-electron chi connectivity index (χ3n) is 2.82. The number of nitrogens with two attached hydrogens (primary N) is 1. The molecule has 1 heterocycles. The van der Waals surface area contributed by atoms with E-state index in [0.717, 1.165) is 5.39 Å². The Balaban J connectivity index is 2.49. The first-order valence-corrected chi connectivity index (χ1v) is 6.39. The molecule has 100 valence electrons. The molecule has 1 aromatic carbocycles. The second kappa shape index (κ2) is 5.63. The van der Waals surface area contributed by atoms with Gasteiger partial charge in [-0.15, -0.1) is 0 Å². The standard InChI is InChI=1S/C13H12BrFN2O2/c1-19-13(18)10(16)6-7-5-9(15)11(14)12-8(7)3-2-4-17-12/h2-5,10H,6,16H2,1H3/t10-/m0/s1. The number of pyridine rings is 1. The Morgan fingerprint density at radius 3 is 3.05 bits per heavy atom. The molecule has 0 fully saturated rings. The summed E-state index contributed by atoms with van der Waals surface area (Å²) in [6, 6.07) is 4.09. The molecule has 0 unspecified atom stereocenters. The van der Waals surface area contributed by atoms with Gasteiger partial charge in [0.25, 0.3) is 0 Å². The molecule has 2 N–H and O–H groups in total. The van der Waals surface area contributed by atoms with Gasteiger partial charge < -0.3 is 10.5 Å². The molecule has 0 radical (unpaired) electrons. The molecule has 0 amide bonds. The molecule has 0 aliphatic rings. The zero-order valence-electron chi connectivity index (χ0n) is 10.2. The predicted octanol–water partition coefficient (Wildman–Crippen LogP) is 2.18. The number of aromatic nitrogens is 1. The Bertz CT molecular complexity index is 633. The normalized spacial score (nSPS) is 12.4. The average Bonchev–Trinajstić information content (AvgIpc) is 2.43. The second-order valence-electron chi connectivity index (χ2n) is 4.06. The largest absolute Gasteiger partial charge is 0.468 e. The van der Waals surface area contributed by atoms with Crippen LogP contribution in [0.1, 0.15) is 5.56 Å². The van der Waals surface area contributed by atoms with E-state index in [9.17, 15) is 9.18 Å². The van der Waals surface area contributed by atoms with Crippen LogP contribution in [-0.4, -0.2) is 24.1 Å². The van der Waals surface area contributed by atoms with Gasteiger partial charge in [0.1, 0.15) is 11.9 Å². The molecule has 4 nitrogen and oxygen atoms in total. The van der Waals surface area contributed by atoms with Gasteiger partial charge in [-0.25, -0.2) is 4.39 Å². The molecular formula is C13H12BrFN2O2. The van der Waals surface area contributed by atoms with Crippen molar-refractivity contribution in [3.05, 3.63) is 40.2 Å². The van der Waals surface area contributed by atoms with Crippen molar-refractivity contribution in [3.63, 3.8) is 0 Å². The molecule has 0 saturated carbocycles. The molecule has 19 heavy (non-hydrogen) atoms. The number of halogens is 2. The molecule has 0 aliphatic carbocycles. The van der Waals surface area contributed by atoms with Crippen LogP contribution >= 0.6 is 15.9 Å². The van der Waals surface area contributed by atoms with Crippen LogP contribution in [-0.2, 0) is 16.0 Å². The van der Waals surface area contributed by atoms with Gasteiger partial charge in [0.2, 0.25) is 0 Å². The third-order valence-corrected chi connectivity index (χ3v) is 3.57. The van der Waals surface area contributed by atoms with Crippen molar-refractivity contribution in [3.8, 4) is 0 Å². The van der Waals surface area contributed by atoms with Crippen LogP contribution in [0.15, 0.2) is 28.9 Å². The molecule has 2 aromatic rings. The lowest BCUT2D eigenvalue weighted by Crippen LogP contribution is -2.33. The minimum Gasteiger partial charge on any atom is -0.468 e. The van der Waals surface area contributed by atoms with Crippen molar-refractivity contribution in [2.75, 3.05) is 7.11 Å². The number of hydrogen-bond acceptors (Lipinski definition) is 4. The van der Waals surface area contributed by atoms with Crippen LogP contribution < -0.4 is 5.73 Å². The summed E-state index contributed by atoms with van der Waals surface area (Å²) in [5, 5.41) is 0.759. The van der Waals surface area contributed by atoms with E-state index in [0.29, 0.717) is 15.6 Å². The first-order chi connectivity index (χ1) is 9.04. The summed E-state index contributed by atoms with van der Waals surface area (Å²) in [5.41, 5.74) is 6.85. The van der Waals surface area contributed by atoms with Gasteiger partial charge in [0, 0.05) is 11.6 Å². The van der Waals surface area contributed by atoms with Crippen LogP contribution in [0.4, 0.5) is 4.39 Å². The summed E-state index contributed by atoms with van der Waals surface area (Å²) in [5.74, 6) is -0.960. The van der Waals surface area contributed by atoms with E-state index in [1.165, 1.54) is 13.2 Å². The highest BCUT2D eigenvalue weighted by Crippen LogP contribution is 2.28. The van der Waals surface area contributed by atoms with Gasteiger partial charge in [-0.2, -0.15) is 0 Å². The van der Waals surface area contributed by atoms with Gasteiger partial charge in [-0.3, -0.25) is 9.78 Å². The number of carbonyl (C=O) groups is 1. The Morgan fingerprint density at radius 1 is 1.63 bits per heavy atom. The molecule has 1 atom stereocenters. The number of benzene rings is 1. The monoisotopic (exact) mass is 326 g/mol. The van der Waals surface area contributed by atoms with Crippen molar-refractivity contribution in [2.45, 2.75) is 12.5 Å². The van der Waals surface area contributed by atoms with Crippen LogP contribution in [0.25, 0.3) is 10.9 Å². The SMILES string of the molecule is COC(=O)[C@@H](N)Cc1cc(F)c(Br)c2ncccc12. The highest BCUT2D eigenvalue weighted by molar-refractivity contribution is 9.10. The summed E-state index contributed by atoms with van der Waals surface area (Å²) in [6.07, 6.45) is 1.77. The van der Waals surface area contributed by atoms with Gasteiger partial charge in [-0.1, -0.05) is 6.07 Å². The topological polar surface area (TPSA) is 65.2 Å². The molecule has 1 aromatic heterocycles. The summed E-state index contributed by atoms with van der Waals surface area (Å²) in [4.78, 5) is 15.5. The molecular weight excluding hydrogens is 315 g/mol. The number of methoxy groups -OCH3 is 1. The van der Waals surface area contributed by atoms with Crippen molar-refractivity contribution in [2.24, 2.45) is 5.73 Å². The number of rotatable bonds is 3. The number of hydrogen-bond donors (Lipinski definition) is 1. The number of carbonyl (C=O) groups excluding carboxylic acids is 1. The fourth-order valence-corrected chi connectivity index (χ4v) is 2.32. The number of esters is 1. The maximum absolute atomic E-state index is 13.8. The van der Waals surface area contributed by atoms with Crippen molar-refractivity contribution >= 4 is 32.8 Å². The number of ether oxygens (including phenoxy) is 1. The van der Waals surface area contributed by atoms with Gasteiger partial charge in [-0.05, 0) is 40.0 Å². The molecule has 2 rings (SSSR count). The molecule has 0 saturated heterocycles. The minimum absolute atomic E-state index is 0.194. The highest BCUT2D eigenvalue weighted by atomic mass is 79.9. The third kappa shape index (κ3) is 2.74. The van der Waals surface area contributed by atoms with Crippen molar-refractivity contribution < 1.29 is 13.9 Å². The number of fused-ring (bicyclic) bond motifs is 1. The smallest absolute Gasteiger partial charge is 0.322 e. The molecule has 6 heteroatoms. The van der Waals surface area contributed by atoms with E-state index in [1.807, 2.05) is 6.07 Å². The van der Waals surface area contributed by atoms with E-state index in [2.05, 4.69) is 25.7 Å². The first-order valence-electron chi connectivity index (χ1n) is 5.59. The lowest BCUT2D eigenvalue weighted by atomic mass is 10.0. The Hall–Kier alpha value is -1.53. The van der Waals surface area contributed by atoms with E-state index >= 15 is 0 Å². The molecule has 0 aliphatic heterocycles. The van der Waals surface area contributed by atoms with E-state index < -0.39 is 17.8 Å². The fraction of sp³-hybridized carbons (Fsp3) is 0.231. The van der Waals surface area contributed by atoms with Crippen LogP contribution in [0.5, 0.6) is 0 Å². The Kier molecular flexibility index (Phi) is 4.11. The molecule has 0 bridgehead atoms. The maximum Gasteiger partial charge on any atom is 0.322 e. The second-order valence-corrected chi connectivity index (χ2v) is 4.86. The zero-order valence-corrected chi connectivity index (χ0v) is 11.8. The number of nitrogens with zero attached hydrogens (tertiary/aromatic N) is 1. The zero-order chi connectivity index (χ0) is 14.0. The van der Waals surface area contributed by atoms with Crippen LogP contribution in [0, 0.1) is 5.82 Å². The first kappa shape index (κ1) is 13.9. The van der Waals surface area contributed by atoms with Crippen LogP contribution in [0.3, 0.4) is 0 Å². The molecule has 0 spiro atoms. The van der Waals surface area contributed by atoms with Gasteiger partial charge in [0.05, 0.1) is 17.1 Å². The highest BCUT2D eigenvalue weighted by Gasteiger charge is 2.18. The summed E-state index contributed by atoms with van der Waals surface area (Å²) in [6.45, 7) is 0. The van der Waals surface area contributed by atoms with Gasteiger partial charge in [0.15, 0.2) is 0 Å². The fourth-order valence-electron chi connectivity index (χ4n) is 1.89. The van der Waals surface area contributed by atoms with Crippen molar-refractivity contribution in [1.82, 2.24) is 4.98 Å². The Labute approximate surface area is 117 Å². The average molecular weight is 327 g/mol. The van der Waals surface area contributed by atoms with Crippen molar-refractivity contribution in [1.29, 1.82) is 0 Å². The minimum atomic E-state index is -0.825. The Morgan fingerprint density at radius 2 is 2.37 bits per heavy atom. The van der Waals surface area contributed by atoms with Crippen LogP contribution in [0.2, 0.25) is 0 Å². The quantitative estimate of drug-likeness (QED) is 0.878. The summed E-state index contributed by atoms with van der Waals surface area (Å²) < 4.78 is 18.7. The lowest BCUT2D eigenvalue weighted by Gasteiger charge is -2.12. The van der Waals surface area contributed by atoms with E-state index in [-0.39, 0.29) is 6.42 Å². The van der Waals surface area contributed by atoms with E-state index in [4.69, 9.17) is 5.73 Å². The predicted molar refractivity (Wildman–Crippen MR) is 73.1 cm³/mol. The maximum atomic E-state index is 13.8. The van der Waals surface area contributed by atoms with Gasteiger partial charge >= 0.3 is 5.97 Å².